The van der Waals surface area contributed by atoms with Crippen LogP contribution in [-0.4, -0.2) is 3.59 Å². The van der Waals surface area contributed by atoms with Crippen LogP contribution in [0.5, 0.6) is 0 Å². The van der Waals surface area contributed by atoms with Crippen molar-refractivity contribution >= 4 is 27.1 Å². The summed E-state index contributed by atoms with van der Waals surface area (Å²) < 4.78 is 2.07. The number of hydrogen-bond donors (Lipinski definition) is 0. The van der Waals surface area contributed by atoms with Gasteiger partial charge in [0, 0.05) is 10.9 Å². The molecule has 1 heterocycles. The van der Waals surface area contributed by atoms with Crippen molar-refractivity contribution in [3.05, 3.63) is 60.2 Å². The molecule has 0 N–H and O–H groups in total. The second-order valence-corrected chi connectivity index (χ2v) is 4.89. The number of fused-ring (bicyclic) bond motifs is 1. The van der Waals surface area contributed by atoms with Crippen LogP contribution in [0.25, 0.3) is 22.2 Å². The number of hydrogen-bond acceptors (Lipinski definition) is 0. The van der Waals surface area contributed by atoms with Gasteiger partial charge in [-0.15, -0.1) is 0 Å². The topological polar surface area (TPSA) is 4.93 Å². The highest BCUT2D eigenvalue weighted by Crippen LogP contribution is 2.31. The minimum atomic E-state index is 1.20. The van der Waals surface area contributed by atoms with Crippen LogP contribution in [0.3, 0.4) is 0 Å². The third-order valence-corrected chi connectivity index (χ3v) is 3.84. The smallest absolute Gasteiger partial charge is 0.0607 e. The van der Waals surface area contributed by atoms with Gasteiger partial charge in [0.25, 0.3) is 0 Å². The van der Waals surface area contributed by atoms with Crippen molar-refractivity contribution in [3.63, 3.8) is 0 Å². The number of benzene rings is 2. The lowest BCUT2D eigenvalue weighted by molar-refractivity contribution is 1.35. The van der Waals surface area contributed by atoms with Gasteiger partial charge < -0.3 is 0 Å². The highest BCUT2D eigenvalue weighted by atomic mass is 79.9. The zero-order chi connectivity index (χ0) is 11.8. The first-order valence-corrected chi connectivity index (χ1v) is 6.31. The van der Waals surface area contributed by atoms with Gasteiger partial charge in [0.1, 0.15) is 0 Å². The van der Waals surface area contributed by atoms with E-state index in [1.54, 1.807) is 0 Å². The number of aromatic nitrogens is 1. The molecule has 0 aliphatic heterocycles. The van der Waals surface area contributed by atoms with Crippen LogP contribution in [0, 0.1) is 6.92 Å². The van der Waals surface area contributed by atoms with Crippen LogP contribution in [0.2, 0.25) is 0 Å². The molecule has 0 spiro atoms. The molecule has 1 aromatic heterocycles. The molecule has 0 saturated heterocycles. The second kappa shape index (κ2) is 4.04. The molecule has 3 aromatic rings. The fourth-order valence-corrected chi connectivity index (χ4v) is 2.78. The first-order valence-electron chi connectivity index (χ1n) is 5.60. The molecule has 0 atom stereocenters. The molecule has 0 radical (unpaired) electrons. The molecule has 0 unspecified atom stereocenters. The average Bonchev–Trinajstić information content (AvgIpc) is 2.68. The first kappa shape index (κ1) is 10.6. The molecule has 2 aromatic carbocycles. The summed E-state index contributed by atoms with van der Waals surface area (Å²) in [6, 6.07) is 19.0. The Morgan fingerprint density at radius 2 is 1.65 bits per heavy atom. The average molecular weight is 286 g/mol. The molecule has 84 valence electrons. The lowest BCUT2D eigenvalue weighted by Gasteiger charge is -2.05. The fourth-order valence-electron chi connectivity index (χ4n) is 2.17. The molecule has 17 heavy (non-hydrogen) atoms. The monoisotopic (exact) mass is 285 g/mol. The molecule has 1 nitrogen and oxygen atoms in total. The van der Waals surface area contributed by atoms with E-state index in [1.807, 2.05) is 0 Å². The summed E-state index contributed by atoms with van der Waals surface area (Å²) in [6.07, 6.45) is 0. The molecular formula is C15H12BrN. The Kier molecular flexibility index (Phi) is 2.52. The van der Waals surface area contributed by atoms with Crippen LogP contribution in [0.1, 0.15) is 5.56 Å². The van der Waals surface area contributed by atoms with Crippen LogP contribution in [0.15, 0.2) is 54.6 Å². The van der Waals surface area contributed by atoms with E-state index in [2.05, 4.69) is 81.3 Å². The molecular weight excluding hydrogens is 274 g/mol. The Morgan fingerprint density at radius 3 is 2.41 bits per heavy atom. The van der Waals surface area contributed by atoms with E-state index in [0.29, 0.717) is 0 Å². The quantitative estimate of drug-likeness (QED) is 0.607. The Bertz CT molecular complexity index is 682. The van der Waals surface area contributed by atoms with Crippen molar-refractivity contribution in [2.24, 2.45) is 0 Å². The number of rotatable bonds is 1. The van der Waals surface area contributed by atoms with Crippen molar-refractivity contribution in [2.75, 3.05) is 0 Å². The van der Waals surface area contributed by atoms with Gasteiger partial charge in [-0.25, -0.2) is 0 Å². The van der Waals surface area contributed by atoms with Crippen LogP contribution < -0.4 is 0 Å². The maximum atomic E-state index is 3.64. The maximum absolute atomic E-state index is 3.64. The van der Waals surface area contributed by atoms with Gasteiger partial charge in [0.15, 0.2) is 0 Å². The number of para-hydroxylation sites is 1. The zero-order valence-corrected chi connectivity index (χ0v) is 11.1. The van der Waals surface area contributed by atoms with Crippen molar-refractivity contribution < 1.29 is 0 Å². The number of aryl methyl sites for hydroxylation is 1. The van der Waals surface area contributed by atoms with Crippen molar-refractivity contribution in [3.8, 4) is 11.3 Å². The molecule has 0 aliphatic carbocycles. The molecule has 0 bridgehead atoms. The predicted molar refractivity (Wildman–Crippen MR) is 76.4 cm³/mol. The fraction of sp³-hybridized carbons (Fsp3) is 0.0667. The third kappa shape index (κ3) is 1.69. The predicted octanol–water partition coefficient (Wildman–Crippen LogP) is 4.77. The van der Waals surface area contributed by atoms with Gasteiger partial charge in [-0.1, -0.05) is 42.5 Å². The normalized spacial score (nSPS) is 10.9. The van der Waals surface area contributed by atoms with Crippen molar-refractivity contribution in [2.45, 2.75) is 6.92 Å². The summed E-state index contributed by atoms with van der Waals surface area (Å²) in [7, 11) is 0. The minimum absolute atomic E-state index is 1.20. The second-order valence-electron chi connectivity index (χ2n) is 4.18. The van der Waals surface area contributed by atoms with E-state index >= 15 is 0 Å². The van der Waals surface area contributed by atoms with Gasteiger partial charge in [-0.3, -0.25) is 3.59 Å². The number of nitrogens with zero attached hydrogens (tertiary/aromatic N) is 1. The van der Waals surface area contributed by atoms with Crippen LogP contribution in [-0.2, 0) is 0 Å². The number of halogens is 1. The minimum Gasteiger partial charge on any atom is -0.276 e. The molecule has 0 fully saturated rings. The summed E-state index contributed by atoms with van der Waals surface area (Å²) in [5.41, 5.74) is 4.95. The van der Waals surface area contributed by atoms with E-state index in [9.17, 15) is 0 Å². The first-order chi connectivity index (χ1) is 8.27. The summed E-state index contributed by atoms with van der Waals surface area (Å²) >= 11 is 3.64. The highest BCUT2D eigenvalue weighted by molar-refractivity contribution is 9.08. The van der Waals surface area contributed by atoms with E-state index in [1.165, 1.54) is 27.7 Å². The van der Waals surface area contributed by atoms with Gasteiger partial charge in [0.05, 0.1) is 27.4 Å². The molecule has 0 saturated carbocycles. The largest absolute Gasteiger partial charge is 0.276 e. The van der Waals surface area contributed by atoms with Crippen molar-refractivity contribution in [1.29, 1.82) is 0 Å². The van der Waals surface area contributed by atoms with Gasteiger partial charge in [-0.05, 0) is 24.6 Å². The molecule has 2 heteroatoms. The zero-order valence-electron chi connectivity index (χ0n) is 9.52. The summed E-state index contributed by atoms with van der Waals surface area (Å²) in [4.78, 5) is 0. The summed E-state index contributed by atoms with van der Waals surface area (Å²) in [5.74, 6) is 0. The Balaban J connectivity index is 2.32. The molecule has 0 aliphatic rings. The third-order valence-electron chi connectivity index (χ3n) is 3.07. The van der Waals surface area contributed by atoms with E-state index in [0.717, 1.165) is 0 Å². The molecule has 0 amide bonds. The molecule has 3 rings (SSSR count). The maximum Gasteiger partial charge on any atom is 0.0607 e. The lowest BCUT2D eigenvalue weighted by Crippen LogP contribution is -1.86. The van der Waals surface area contributed by atoms with Crippen molar-refractivity contribution in [1.82, 2.24) is 3.59 Å². The van der Waals surface area contributed by atoms with Crippen LogP contribution >= 0.6 is 16.1 Å². The van der Waals surface area contributed by atoms with E-state index < -0.39 is 0 Å². The van der Waals surface area contributed by atoms with E-state index in [-0.39, 0.29) is 0 Å². The van der Waals surface area contributed by atoms with Gasteiger partial charge in [0.2, 0.25) is 0 Å². The Labute approximate surface area is 109 Å². The highest BCUT2D eigenvalue weighted by Gasteiger charge is 2.09. The summed E-state index contributed by atoms with van der Waals surface area (Å²) in [5, 5.41) is 1.25. The SMILES string of the molecule is Cc1ccccc1-c1cc2ccccc2n1Br. The lowest BCUT2D eigenvalue weighted by atomic mass is 10.1. The van der Waals surface area contributed by atoms with Gasteiger partial charge in [-0.2, -0.15) is 0 Å². The standard InChI is InChI=1S/C15H12BrN/c1-11-6-2-4-8-13(11)15-10-12-7-3-5-9-14(12)17(15)16/h2-10H,1H3. The van der Waals surface area contributed by atoms with Gasteiger partial charge >= 0.3 is 0 Å². The Hall–Kier alpha value is -1.54. The Morgan fingerprint density at radius 1 is 0.941 bits per heavy atom. The summed E-state index contributed by atoms with van der Waals surface area (Å²) in [6.45, 7) is 2.14. The van der Waals surface area contributed by atoms with Crippen LogP contribution in [0.4, 0.5) is 0 Å². The van der Waals surface area contributed by atoms with E-state index in [4.69, 9.17) is 0 Å².